The van der Waals surface area contributed by atoms with Crippen LogP contribution in [0.1, 0.15) is 20.8 Å². The van der Waals surface area contributed by atoms with Crippen molar-refractivity contribution in [2.24, 2.45) is 0 Å². The standard InChI is InChI=1S/C10H20F3NOS/c1-9(2,3)16-6-5-14(4)7-8(15)10(11,12)13/h8,15H,5-7H2,1-4H3/t8-/m1/s1. The zero-order valence-corrected chi connectivity index (χ0v) is 11.0. The van der Waals surface area contributed by atoms with Gasteiger partial charge in [-0.25, -0.2) is 0 Å². The lowest BCUT2D eigenvalue weighted by Gasteiger charge is -2.24. The van der Waals surface area contributed by atoms with Gasteiger partial charge in [0.2, 0.25) is 0 Å². The van der Waals surface area contributed by atoms with Gasteiger partial charge in [-0.15, -0.1) is 0 Å². The molecule has 0 saturated carbocycles. The maximum absolute atomic E-state index is 12.0. The number of alkyl halides is 3. The topological polar surface area (TPSA) is 23.5 Å². The lowest BCUT2D eigenvalue weighted by molar-refractivity contribution is -0.207. The summed E-state index contributed by atoms with van der Waals surface area (Å²) in [4.78, 5) is 1.50. The van der Waals surface area contributed by atoms with Crippen LogP contribution in [0.25, 0.3) is 0 Å². The Morgan fingerprint density at radius 2 is 1.75 bits per heavy atom. The minimum atomic E-state index is -4.52. The molecular weight excluding hydrogens is 239 g/mol. The summed E-state index contributed by atoms with van der Waals surface area (Å²) in [5, 5.41) is 8.84. The molecule has 2 nitrogen and oxygen atoms in total. The molecule has 0 radical (unpaired) electrons. The predicted octanol–water partition coefficient (Wildman–Crippen LogP) is 2.37. The van der Waals surface area contributed by atoms with Crippen molar-refractivity contribution >= 4 is 11.8 Å². The highest BCUT2D eigenvalue weighted by Crippen LogP contribution is 2.23. The molecule has 0 spiro atoms. The van der Waals surface area contributed by atoms with Gasteiger partial charge in [0.15, 0.2) is 6.10 Å². The summed E-state index contributed by atoms with van der Waals surface area (Å²) in [7, 11) is 1.58. The third kappa shape index (κ3) is 8.24. The minimum absolute atomic E-state index is 0.115. The molecule has 0 aromatic rings. The third-order valence-electron chi connectivity index (χ3n) is 1.87. The number of likely N-dealkylation sites (N-methyl/N-ethyl adjacent to an activating group) is 1. The van der Waals surface area contributed by atoms with E-state index in [0.29, 0.717) is 6.54 Å². The quantitative estimate of drug-likeness (QED) is 0.820. The molecule has 0 aliphatic rings. The molecule has 0 aliphatic carbocycles. The molecule has 0 saturated heterocycles. The molecule has 1 N–H and O–H groups in total. The van der Waals surface area contributed by atoms with E-state index in [1.54, 1.807) is 18.8 Å². The molecule has 0 amide bonds. The second-order valence-electron chi connectivity index (χ2n) is 4.78. The first-order chi connectivity index (χ1) is 7.02. The Morgan fingerprint density at radius 3 is 2.12 bits per heavy atom. The van der Waals surface area contributed by atoms with Crippen LogP contribution in [0, 0.1) is 0 Å². The van der Waals surface area contributed by atoms with Crippen LogP contribution in [0.3, 0.4) is 0 Å². The fourth-order valence-electron chi connectivity index (χ4n) is 0.998. The van der Waals surface area contributed by atoms with E-state index in [2.05, 4.69) is 20.8 Å². The van der Waals surface area contributed by atoms with Crippen molar-refractivity contribution in [3.8, 4) is 0 Å². The SMILES string of the molecule is CN(CCSC(C)(C)C)C[C@@H](O)C(F)(F)F. The molecule has 0 heterocycles. The van der Waals surface area contributed by atoms with Crippen LogP contribution in [0.15, 0.2) is 0 Å². The molecule has 0 aromatic heterocycles. The molecule has 98 valence electrons. The number of hydrogen-bond donors (Lipinski definition) is 1. The monoisotopic (exact) mass is 259 g/mol. The number of thioether (sulfide) groups is 1. The first kappa shape index (κ1) is 16.1. The van der Waals surface area contributed by atoms with Crippen molar-refractivity contribution < 1.29 is 18.3 Å². The fourth-order valence-corrected chi connectivity index (χ4v) is 2.01. The molecule has 6 heteroatoms. The average molecular weight is 259 g/mol. The molecule has 0 unspecified atom stereocenters. The van der Waals surface area contributed by atoms with Gasteiger partial charge in [-0.1, -0.05) is 20.8 Å². The highest BCUT2D eigenvalue weighted by molar-refractivity contribution is 8.00. The van der Waals surface area contributed by atoms with Gasteiger partial charge >= 0.3 is 6.18 Å². The van der Waals surface area contributed by atoms with Crippen LogP contribution >= 0.6 is 11.8 Å². The Morgan fingerprint density at radius 1 is 1.25 bits per heavy atom. The highest BCUT2D eigenvalue weighted by Gasteiger charge is 2.38. The number of hydrogen-bond acceptors (Lipinski definition) is 3. The Bertz CT molecular complexity index is 203. The summed E-state index contributed by atoms with van der Waals surface area (Å²) in [6.45, 7) is 6.34. The highest BCUT2D eigenvalue weighted by atomic mass is 32.2. The lowest BCUT2D eigenvalue weighted by Crippen LogP contribution is -2.40. The normalized spacial score (nSPS) is 15.6. The maximum Gasteiger partial charge on any atom is 0.415 e. The minimum Gasteiger partial charge on any atom is -0.382 e. The Hall–Kier alpha value is 0.0600. The van der Waals surface area contributed by atoms with Gasteiger partial charge in [0.05, 0.1) is 0 Å². The molecule has 0 rings (SSSR count). The molecule has 0 aliphatic heterocycles. The van der Waals surface area contributed by atoms with Crippen molar-refractivity contribution in [1.82, 2.24) is 4.90 Å². The first-order valence-electron chi connectivity index (χ1n) is 5.09. The van der Waals surface area contributed by atoms with E-state index >= 15 is 0 Å². The lowest BCUT2D eigenvalue weighted by atomic mass is 10.3. The van der Waals surface area contributed by atoms with Crippen molar-refractivity contribution in [1.29, 1.82) is 0 Å². The molecular formula is C10H20F3NOS. The second kappa shape index (κ2) is 6.12. The first-order valence-corrected chi connectivity index (χ1v) is 6.08. The number of aliphatic hydroxyl groups is 1. The Kier molecular flexibility index (Phi) is 6.14. The van der Waals surface area contributed by atoms with Gasteiger partial charge in [0.25, 0.3) is 0 Å². The van der Waals surface area contributed by atoms with E-state index in [-0.39, 0.29) is 11.3 Å². The Balaban J connectivity index is 3.79. The largest absolute Gasteiger partial charge is 0.415 e. The predicted molar refractivity (Wildman–Crippen MR) is 61.8 cm³/mol. The van der Waals surface area contributed by atoms with Gasteiger partial charge in [0, 0.05) is 23.6 Å². The van der Waals surface area contributed by atoms with Crippen molar-refractivity contribution in [3.63, 3.8) is 0 Å². The van der Waals surface area contributed by atoms with Crippen LogP contribution < -0.4 is 0 Å². The van der Waals surface area contributed by atoms with Gasteiger partial charge in [-0.05, 0) is 7.05 Å². The molecule has 0 aromatic carbocycles. The second-order valence-corrected chi connectivity index (χ2v) is 6.70. The van der Waals surface area contributed by atoms with E-state index < -0.39 is 12.3 Å². The zero-order chi connectivity index (χ0) is 13.0. The third-order valence-corrected chi connectivity index (χ3v) is 3.12. The summed E-state index contributed by atoms with van der Waals surface area (Å²) < 4.78 is 36.2. The Labute approximate surface area is 99.2 Å². The van der Waals surface area contributed by atoms with Crippen LogP contribution in [0.4, 0.5) is 13.2 Å². The summed E-state index contributed by atoms with van der Waals surface area (Å²) >= 11 is 1.69. The van der Waals surface area contributed by atoms with E-state index in [9.17, 15) is 13.2 Å². The number of rotatable bonds is 5. The molecule has 1 atom stereocenters. The van der Waals surface area contributed by atoms with E-state index in [1.165, 1.54) is 4.90 Å². The molecule has 16 heavy (non-hydrogen) atoms. The van der Waals surface area contributed by atoms with Crippen LogP contribution in [0.2, 0.25) is 0 Å². The fraction of sp³-hybridized carbons (Fsp3) is 1.00. The average Bonchev–Trinajstić information content (AvgIpc) is 1.99. The van der Waals surface area contributed by atoms with E-state index in [4.69, 9.17) is 5.11 Å². The van der Waals surface area contributed by atoms with Gasteiger partial charge in [-0.2, -0.15) is 24.9 Å². The van der Waals surface area contributed by atoms with Crippen LogP contribution in [-0.4, -0.2) is 52.9 Å². The van der Waals surface area contributed by atoms with Gasteiger partial charge < -0.3 is 10.0 Å². The summed E-state index contributed by atoms with van der Waals surface area (Å²) in [6, 6.07) is 0. The molecule has 0 bridgehead atoms. The number of nitrogens with zero attached hydrogens (tertiary/aromatic N) is 1. The maximum atomic E-state index is 12.0. The van der Waals surface area contributed by atoms with Crippen molar-refractivity contribution in [2.75, 3.05) is 25.9 Å². The number of halogens is 3. The number of aliphatic hydroxyl groups excluding tert-OH is 1. The summed E-state index contributed by atoms with van der Waals surface area (Å²) in [6.07, 6.45) is -6.78. The van der Waals surface area contributed by atoms with Crippen molar-refractivity contribution in [2.45, 2.75) is 37.8 Å². The summed E-state index contributed by atoms with van der Waals surface area (Å²) in [5.41, 5.74) is 0. The molecule has 0 fully saturated rings. The zero-order valence-electron chi connectivity index (χ0n) is 10.1. The van der Waals surface area contributed by atoms with Gasteiger partial charge in [-0.3, -0.25) is 0 Å². The smallest absolute Gasteiger partial charge is 0.382 e. The van der Waals surface area contributed by atoms with Crippen LogP contribution in [-0.2, 0) is 0 Å². The summed E-state index contributed by atoms with van der Waals surface area (Å²) in [5.74, 6) is 0.755. The van der Waals surface area contributed by atoms with Crippen LogP contribution in [0.5, 0.6) is 0 Å². The van der Waals surface area contributed by atoms with E-state index in [1.807, 2.05) is 0 Å². The van der Waals surface area contributed by atoms with E-state index in [0.717, 1.165) is 5.75 Å². The van der Waals surface area contributed by atoms with Crippen molar-refractivity contribution in [3.05, 3.63) is 0 Å². The van der Waals surface area contributed by atoms with Gasteiger partial charge in [0.1, 0.15) is 0 Å².